The molecule has 2 aliphatic rings. The lowest BCUT2D eigenvalue weighted by Gasteiger charge is -2.33. The number of aromatic nitrogens is 2. The number of piperidine rings is 1. The minimum atomic E-state index is 0.406. The van der Waals surface area contributed by atoms with Crippen LogP contribution in [0.5, 0.6) is 5.75 Å². The van der Waals surface area contributed by atoms with Gasteiger partial charge in [0.05, 0.1) is 23.9 Å². The molecule has 0 saturated carbocycles. The monoisotopic (exact) mass is 473 g/mol. The molecule has 1 unspecified atom stereocenters. The molecule has 1 fully saturated rings. The number of hydrogen-bond acceptors (Lipinski definition) is 9. The number of aliphatic imine (C=N–C) groups is 1. The summed E-state index contributed by atoms with van der Waals surface area (Å²) in [6, 6.07) is 15.6. The lowest BCUT2D eigenvalue weighted by Crippen LogP contribution is -2.38. The Balaban J connectivity index is 1.22. The Morgan fingerprint density at radius 2 is 2.12 bits per heavy atom. The number of thiazole rings is 1. The summed E-state index contributed by atoms with van der Waals surface area (Å²) >= 11 is 1.55. The summed E-state index contributed by atoms with van der Waals surface area (Å²) in [5, 5.41) is 18.4. The predicted molar refractivity (Wildman–Crippen MR) is 135 cm³/mol. The topological polar surface area (TPSA) is 98.5 Å². The van der Waals surface area contributed by atoms with Crippen molar-refractivity contribution in [3.8, 4) is 23.2 Å². The van der Waals surface area contributed by atoms with Gasteiger partial charge in [-0.25, -0.2) is 9.97 Å². The molecule has 0 bridgehead atoms. The van der Waals surface area contributed by atoms with E-state index in [0.717, 1.165) is 79.5 Å². The number of nitrogens with one attached hydrogen (secondary N) is 2. The summed E-state index contributed by atoms with van der Waals surface area (Å²) in [6.45, 7) is 4.27. The molecule has 0 amide bonds. The SMILES string of the molecule is N#Cc1cccc(OCC2CCCN(c3cccc(-c4csc(NC5=NCCCN5)n4)n3)C2)c1. The van der Waals surface area contributed by atoms with Gasteiger partial charge in [-0.05, 0) is 49.6 Å². The van der Waals surface area contributed by atoms with Crippen LogP contribution in [0.25, 0.3) is 11.4 Å². The van der Waals surface area contributed by atoms with Gasteiger partial charge in [0.2, 0.25) is 0 Å². The molecule has 1 saturated heterocycles. The van der Waals surface area contributed by atoms with Gasteiger partial charge in [0.1, 0.15) is 17.3 Å². The maximum absolute atomic E-state index is 9.09. The van der Waals surface area contributed by atoms with Crippen LogP contribution in [-0.4, -0.2) is 48.7 Å². The fourth-order valence-electron chi connectivity index (χ4n) is 4.19. The summed E-state index contributed by atoms with van der Waals surface area (Å²) in [5.41, 5.74) is 2.35. The van der Waals surface area contributed by atoms with E-state index in [1.54, 1.807) is 23.5 Å². The highest BCUT2D eigenvalue weighted by Gasteiger charge is 2.22. The van der Waals surface area contributed by atoms with Crippen molar-refractivity contribution in [2.24, 2.45) is 10.9 Å². The van der Waals surface area contributed by atoms with Crippen LogP contribution in [0.1, 0.15) is 24.8 Å². The fraction of sp³-hybridized carbons (Fsp3) is 0.360. The van der Waals surface area contributed by atoms with Crippen molar-refractivity contribution in [1.29, 1.82) is 5.26 Å². The van der Waals surface area contributed by atoms with E-state index in [2.05, 4.69) is 32.7 Å². The first-order chi connectivity index (χ1) is 16.8. The first-order valence-corrected chi connectivity index (χ1v) is 12.5. The van der Waals surface area contributed by atoms with Crippen molar-refractivity contribution in [2.75, 3.05) is 43.0 Å². The normalized spacial score (nSPS) is 17.9. The van der Waals surface area contributed by atoms with Gasteiger partial charge < -0.3 is 20.3 Å². The standard InChI is InChI=1S/C25H27N7OS/c26-14-18-5-1-7-20(13-18)33-16-19-6-3-12-32(15-19)23-9-2-8-21(29-23)22-17-34-25(30-22)31-24-27-10-4-11-28-24/h1-2,5,7-9,13,17,19H,3-4,6,10-12,15-16H2,(H2,27,28,30,31). The van der Waals surface area contributed by atoms with Gasteiger partial charge in [0.15, 0.2) is 11.1 Å². The molecule has 3 aromatic rings. The van der Waals surface area contributed by atoms with Gasteiger partial charge in [0.25, 0.3) is 0 Å². The number of pyridine rings is 1. The molecule has 2 aliphatic heterocycles. The second kappa shape index (κ2) is 10.5. The Kier molecular flexibility index (Phi) is 6.86. The van der Waals surface area contributed by atoms with E-state index in [4.69, 9.17) is 20.0 Å². The number of nitriles is 1. The zero-order chi connectivity index (χ0) is 23.2. The van der Waals surface area contributed by atoms with Gasteiger partial charge in [-0.15, -0.1) is 11.3 Å². The summed E-state index contributed by atoms with van der Waals surface area (Å²) in [4.78, 5) is 16.4. The molecule has 5 rings (SSSR count). The maximum Gasteiger partial charge on any atom is 0.197 e. The average Bonchev–Trinajstić information content (AvgIpc) is 3.37. The minimum absolute atomic E-state index is 0.406. The number of hydrogen-bond donors (Lipinski definition) is 2. The van der Waals surface area contributed by atoms with Crippen molar-refractivity contribution in [2.45, 2.75) is 19.3 Å². The van der Waals surface area contributed by atoms with Crippen LogP contribution in [0.2, 0.25) is 0 Å². The molecule has 0 spiro atoms. The fourth-order valence-corrected chi connectivity index (χ4v) is 4.89. The van der Waals surface area contributed by atoms with E-state index < -0.39 is 0 Å². The number of nitrogens with zero attached hydrogens (tertiary/aromatic N) is 5. The predicted octanol–water partition coefficient (Wildman–Crippen LogP) is 4.13. The number of ether oxygens (including phenoxy) is 1. The zero-order valence-corrected chi connectivity index (χ0v) is 19.7. The van der Waals surface area contributed by atoms with E-state index in [1.807, 2.05) is 29.6 Å². The minimum Gasteiger partial charge on any atom is -0.493 e. The number of guanidine groups is 1. The number of rotatable bonds is 6. The molecule has 0 aliphatic carbocycles. The molecule has 1 atom stereocenters. The van der Waals surface area contributed by atoms with E-state index in [1.165, 1.54) is 0 Å². The lowest BCUT2D eigenvalue weighted by molar-refractivity contribution is 0.228. The smallest absolute Gasteiger partial charge is 0.197 e. The van der Waals surface area contributed by atoms with Gasteiger partial charge in [-0.3, -0.25) is 4.99 Å². The van der Waals surface area contributed by atoms with Gasteiger partial charge in [-0.1, -0.05) is 12.1 Å². The first-order valence-electron chi connectivity index (χ1n) is 11.6. The van der Waals surface area contributed by atoms with E-state index in [-0.39, 0.29) is 0 Å². The molecule has 1 aromatic carbocycles. The van der Waals surface area contributed by atoms with Gasteiger partial charge in [0, 0.05) is 37.5 Å². The van der Waals surface area contributed by atoms with Crippen LogP contribution in [0, 0.1) is 17.2 Å². The van der Waals surface area contributed by atoms with Crippen molar-refractivity contribution in [1.82, 2.24) is 15.3 Å². The highest BCUT2D eigenvalue weighted by atomic mass is 32.1. The Bertz CT molecular complexity index is 1200. The Labute approximate surface area is 203 Å². The van der Waals surface area contributed by atoms with Crippen molar-refractivity contribution < 1.29 is 4.74 Å². The third-order valence-corrected chi connectivity index (χ3v) is 6.67. The second-order valence-electron chi connectivity index (χ2n) is 8.46. The third-order valence-electron chi connectivity index (χ3n) is 5.92. The summed E-state index contributed by atoms with van der Waals surface area (Å²) in [6.07, 6.45) is 3.27. The molecular weight excluding hydrogens is 446 g/mol. The van der Waals surface area contributed by atoms with Crippen LogP contribution in [0.15, 0.2) is 52.8 Å². The van der Waals surface area contributed by atoms with E-state index >= 15 is 0 Å². The van der Waals surface area contributed by atoms with Crippen LogP contribution in [0.3, 0.4) is 0 Å². The molecule has 174 valence electrons. The molecule has 9 heteroatoms. The zero-order valence-electron chi connectivity index (χ0n) is 18.9. The summed E-state index contributed by atoms with van der Waals surface area (Å²) in [7, 11) is 0. The second-order valence-corrected chi connectivity index (χ2v) is 9.32. The number of anilines is 2. The van der Waals surface area contributed by atoms with Crippen LogP contribution < -0.4 is 20.3 Å². The molecule has 34 heavy (non-hydrogen) atoms. The van der Waals surface area contributed by atoms with Crippen molar-refractivity contribution in [3.63, 3.8) is 0 Å². The van der Waals surface area contributed by atoms with E-state index in [9.17, 15) is 0 Å². The van der Waals surface area contributed by atoms with Crippen LogP contribution in [-0.2, 0) is 0 Å². The van der Waals surface area contributed by atoms with Gasteiger partial charge in [-0.2, -0.15) is 5.26 Å². The van der Waals surface area contributed by atoms with Gasteiger partial charge >= 0.3 is 0 Å². The van der Waals surface area contributed by atoms with Crippen molar-refractivity contribution >= 4 is 28.2 Å². The van der Waals surface area contributed by atoms with E-state index in [0.29, 0.717) is 18.1 Å². The molecule has 2 aromatic heterocycles. The molecular formula is C25H27N7OS. The molecule has 8 nitrogen and oxygen atoms in total. The Morgan fingerprint density at radius 1 is 1.18 bits per heavy atom. The lowest BCUT2D eigenvalue weighted by atomic mass is 9.99. The van der Waals surface area contributed by atoms with Crippen molar-refractivity contribution in [3.05, 3.63) is 53.4 Å². The van der Waals surface area contributed by atoms with Crippen LogP contribution in [0.4, 0.5) is 10.9 Å². The molecule has 2 N–H and O–H groups in total. The highest BCUT2D eigenvalue weighted by molar-refractivity contribution is 7.14. The summed E-state index contributed by atoms with van der Waals surface area (Å²) < 4.78 is 6.00. The quantitative estimate of drug-likeness (QED) is 0.555. The molecule has 4 heterocycles. The Hall–Kier alpha value is -3.64. The molecule has 0 radical (unpaired) electrons. The largest absolute Gasteiger partial charge is 0.493 e. The maximum atomic E-state index is 9.09. The average molecular weight is 474 g/mol. The first kappa shape index (κ1) is 22.2. The number of benzene rings is 1. The highest BCUT2D eigenvalue weighted by Crippen LogP contribution is 2.28. The third kappa shape index (κ3) is 5.46. The Morgan fingerprint density at radius 3 is 3.00 bits per heavy atom. The van der Waals surface area contributed by atoms with Crippen LogP contribution >= 0.6 is 11.3 Å². The summed E-state index contributed by atoms with van der Waals surface area (Å²) in [5.74, 6) is 2.91.